The maximum absolute atomic E-state index is 12.9. The lowest BCUT2D eigenvalue weighted by molar-refractivity contribution is -0.0584. The molecule has 0 unspecified atom stereocenters. The van der Waals surface area contributed by atoms with Crippen LogP contribution in [0.1, 0.15) is 42.2 Å². The molecule has 24 heavy (non-hydrogen) atoms. The highest BCUT2D eigenvalue weighted by molar-refractivity contribution is 5.93. The molecular formula is C18H25N3O3. The number of nitrogens with zero attached hydrogens (tertiary/aromatic N) is 1. The predicted molar refractivity (Wildman–Crippen MR) is 89.9 cm³/mol. The van der Waals surface area contributed by atoms with Crippen LogP contribution in [-0.2, 0) is 0 Å². The standard InChI is InChI=1S/C18H25N3O3/c1-10-3-5-13(16(23)19-10)17(24)21-8-11-4-6-14-18(2,15(11)22)7-12(9-21)20-14/h3,5,11-12,14-15,20,22H,4,6-9H2,1-2H3,(H,19,23)/t11-,12-,14-,15+,18-/m0/s1. The lowest BCUT2D eigenvalue weighted by Gasteiger charge is -2.46. The summed E-state index contributed by atoms with van der Waals surface area (Å²) in [6, 6.07) is 3.87. The summed E-state index contributed by atoms with van der Waals surface area (Å²) in [7, 11) is 0. The molecule has 6 heteroatoms. The number of aliphatic hydroxyl groups is 1. The quantitative estimate of drug-likeness (QED) is 0.705. The maximum Gasteiger partial charge on any atom is 0.260 e. The topological polar surface area (TPSA) is 85.4 Å². The number of fused-ring (bicyclic) bond motifs is 2. The van der Waals surface area contributed by atoms with Crippen molar-refractivity contribution in [3.8, 4) is 0 Å². The second-order valence-corrected chi connectivity index (χ2v) is 8.00. The van der Waals surface area contributed by atoms with E-state index in [-0.39, 0.29) is 34.4 Å². The molecule has 0 aromatic carbocycles. The van der Waals surface area contributed by atoms with E-state index in [1.54, 1.807) is 24.0 Å². The number of aromatic nitrogens is 1. The molecule has 1 amide bonds. The predicted octanol–water partition coefficient (Wildman–Crippen LogP) is 0.647. The average molecular weight is 331 g/mol. The number of pyridine rings is 1. The minimum absolute atomic E-state index is 0.0839. The normalized spacial score (nSPS) is 38.0. The number of likely N-dealkylation sites (tertiary alicyclic amines) is 1. The highest BCUT2D eigenvalue weighted by Crippen LogP contribution is 2.48. The van der Waals surface area contributed by atoms with Crippen LogP contribution in [-0.4, -0.2) is 52.2 Å². The van der Waals surface area contributed by atoms with Crippen LogP contribution in [0.4, 0.5) is 0 Å². The van der Waals surface area contributed by atoms with Crippen molar-refractivity contribution >= 4 is 5.91 Å². The first-order valence-corrected chi connectivity index (χ1v) is 8.82. The number of nitrogens with one attached hydrogen (secondary N) is 2. The molecule has 2 aliphatic heterocycles. The molecule has 1 aliphatic carbocycles. The molecule has 1 aromatic heterocycles. The highest BCUT2D eigenvalue weighted by Gasteiger charge is 2.55. The minimum atomic E-state index is -0.402. The molecule has 3 heterocycles. The highest BCUT2D eigenvalue weighted by atomic mass is 16.3. The number of H-pyrrole nitrogens is 1. The first-order chi connectivity index (χ1) is 11.4. The van der Waals surface area contributed by atoms with Gasteiger partial charge in [0, 0.05) is 42.2 Å². The zero-order chi connectivity index (χ0) is 17.1. The van der Waals surface area contributed by atoms with Gasteiger partial charge >= 0.3 is 0 Å². The van der Waals surface area contributed by atoms with Gasteiger partial charge in [0.1, 0.15) is 5.56 Å². The van der Waals surface area contributed by atoms with E-state index in [0.717, 1.165) is 25.0 Å². The number of carbonyl (C=O) groups excluding carboxylic acids is 1. The Balaban J connectivity index is 1.65. The monoisotopic (exact) mass is 331 g/mol. The average Bonchev–Trinajstić information content (AvgIpc) is 2.90. The Morgan fingerprint density at radius 1 is 1.33 bits per heavy atom. The Kier molecular flexibility index (Phi) is 3.58. The van der Waals surface area contributed by atoms with E-state index in [2.05, 4.69) is 17.2 Å². The van der Waals surface area contributed by atoms with Gasteiger partial charge in [0.2, 0.25) is 0 Å². The van der Waals surface area contributed by atoms with Crippen molar-refractivity contribution in [1.82, 2.24) is 15.2 Å². The maximum atomic E-state index is 12.9. The summed E-state index contributed by atoms with van der Waals surface area (Å²) in [6.45, 7) is 5.09. The molecule has 1 saturated carbocycles. The van der Waals surface area contributed by atoms with Crippen LogP contribution in [0.3, 0.4) is 0 Å². The van der Waals surface area contributed by atoms with Gasteiger partial charge in [0.15, 0.2) is 0 Å². The van der Waals surface area contributed by atoms with E-state index in [4.69, 9.17) is 0 Å². The number of aromatic amines is 1. The van der Waals surface area contributed by atoms with Gasteiger partial charge in [-0.05, 0) is 38.3 Å². The molecule has 3 aliphatic rings. The fourth-order valence-corrected chi connectivity index (χ4v) is 5.03. The van der Waals surface area contributed by atoms with Crippen molar-refractivity contribution < 1.29 is 9.90 Å². The summed E-state index contributed by atoms with van der Waals surface area (Å²) < 4.78 is 0. The molecule has 3 bridgehead atoms. The zero-order valence-electron chi connectivity index (χ0n) is 14.2. The van der Waals surface area contributed by atoms with Gasteiger partial charge in [-0.2, -0.15) is 0 Å². The first-order valence-electron chi connectivity index (χ1n) is 8.82. The Bertz CT molecular complexity index is 730. The number of aryl methyl sites for hydroxylation is 1. The molecule has 4 rings (SSSR count). The number of hydrogen-bond acceptors (Lipinski definition) is 4. The Morgan fingerprint density at radius 3 is 2.88 bits per heavy atom. The van der Waals surface area contributed by atoms with E-state index in [9.17, 15) is 14.7 Å². The number of carbonyl (C=O) groups is 1. The smallest absolute Gasteiger partial charge is 0.260 e. The number of rotatable bonds is 1. The van der Waals surface area contributed by atoms with E-state index >= 15 is 0 Å². The molecule has 6 nitrogen and oxygen atoms in total. The molecule has 0 spiro atoms. The second-order valence-electron chi connectivity index (χ2n) is 8.00. The van der Waals surface area contributed by atoms with Crippen LogP contribution in [0, 0.1) is 18.3 Å². The van der Waals surface area contributed by atoms with Gasteiger partial charge in [-0.25, -0.2) is 0 Å². The van der Waals surface area contributed by atoms with Crippen LogP contribution >= 0.6 is 0 Å². The van der Waals surface area contributed by atoms with Crippen LogP contribution in [0.5, 0.6) is 0 Å². The number of hydrogen-bond donors (Lipinski definition) is 3. The third-order valence-electron chi connectivity index (χ3n) is 6.34. The fourth-order valence-electron chi connectivity index (χ4n) is 5.03. The van der Waals surface area contributed by atoms with Crippen molar-refractivity contribution in [2.45, 2.75) is 51.3 Å². The molecule has 5 atom stereocenters. The number of amides is 1. The Morgan fingerprint density at radius 2 is 2.12 bits per heavy atom. The molecular weight excluding hydrogens is 306 g/mol. The molecule has 1 aromatic rings. The van der Waals surface area contributed by atoms with E-state index in [0.29, 0.717) is 19.1 Å². The largest absolute Gasteiger partial charge is 0.392 e. The third kappa shape index (κ3) is 2.31. The van der Waals surface area contributed by atoms with Gasteiger partial charge in [0.25, 0.3) is 11.5 Å². The lowest BCUT2D eigenvalue weighted by Crippen LogP contribution is -2.53. The molecule has 0 radical (unpaired) electrons. The van der Waals surface area contributed by atoms with Crippen LogP contribution in [0.2, 0.25) is 0 Å². The van der Waals surface area contributed by atoms with Gasteiger partial charge in [-0.3, -0.25) is 9.59 Å². The third-order valence-corrected chi connectivity index (χ3v) is 6.34. The van der Waals surface area contributed by atoms with Crippen molar-refractivity contribution in [2.24, 2.45) is 11.3 Å². The Hall–Kier alpha value is -1.66. The van der Waals surface area contributed by atoms with Crippen molar-refractivity contribution in [1.29, 1.82) is 0 Å². The second kappa shape index (κ2) is 5.43. The van der Waals surface area contributed by atoms with Gasteiger partial charge < -0.3 is 20.3 Å². The lowest BCUT2D eigenvalue weighted by atomic mass is 9.64. The van der Waals surface area contributed by atoms with Crippen molar-refractivity contribution in [3.63, 3.8) is 0 Å². The van der Waals surface area contributed by atoms with Crippen molar-refractivity contribution in [2.75, 3.05) is 13.1 Å². The molecule has 3 N–H and O–H groups in total. The summed E-state index contributed by atoms with van der Waals surface area (Å²) >= 11 is 0. The number of aliphatic hydroxyl groups excluding tert-OH is 1. The summed E-state index contributed by atoms with van der Waals surface area (Å²) in [4.78, 5) is 29.5. The van der Waals surface area contributed by atoms with Gasteiger partial charge in [-0.1, -0.05) is 6.92 Å². The Labute approximate surface area is 141 Å². The van der Waals surface area contributed by atoms with Crippen LogP contribution < -0.4 is 10.9 Å². The molecule has 2 saturated heterocycles. The van der Waals surface area contributed by atoms with Gasteiger partial charge in [-0.15, -0.1) is 0 Å². The van der Waals surface area contributed by atoms with E-state index < -0.39 is 6.10 Å². The summed E-state index contributed by atoms with van der Waals surface area (Å²) in [5.41, 5.74) is 0.498. The van der Waals surface area contributed by atoms with E-state index in [1.807, 2.05) is 0 Å². The van der Waals surface area contributed by atoms with Crippen LogP contribution in [0.15, 0.2) is 16.9 Å². The van der Waals surface area contributed by atoms with Crippen LogP contribution in [0.25, 0.3) is 0 Å². The van der Waals surface area contributed by atoms with E-state index in [1.165, 1.54) is 0 Å². The summed E-state index contributed by atoms with van der Waals surface area (Å²) in [6.07, 6.45) is 2.43. The molecule has 3 fully saturated rings. The molecule has 130 valence electrons. The minimum Gasteiger partial charge on any atom is -0.392 e. The van der Waals surface area contributed by atoms with Gasteiger partial charge in [0.05, 0.1) is 6.10 Å². The zero-order valence-corrected chi connectivity index (χ0v) is 14.2. The van der Waals surface area contributed by atoms with Crippen molar-refractivity contribution in [3.05, 3.63) is 33.7 Å². The first kappa shape index (κ1) is 15.8. The SMILES string of the molecule is Cc1ccc(C(=O)N2C[C@@H]3C[C@@]4(C)[C@H](CC[C@@H](C2)[C@H]4O)N3)c(=O)[nH]1. The fraction of sp³-hybridized carbons (Fsp3) is 0.667. The summed E-state index contributed by atoms with van der Waals surface area (Å²) in [5, 5.41) is 14.5. The summed E-state index contributed by atoms with van der Waals surface area (Å²) in [5.74, 6) is -0.148.